The third-order valence-electron chi connectivity index (χ3n) is 31.2. The quantitative estimate of drug-likeness (QED) is 0.134. The van der Waals surface area contributed by atoms with E-state index in [1.54, 1.807) is 0 Å². The summed E-state index contributed by atoms with van der Waals surface area (Å²) in [6.45, 7) is 9.30. The molecule has 676 valence electrons. The van der Waals surface area contributed by atoms with Crippen molar-refractivity contribution in [2.24, 2.45) is 0 Å². The summed E-state index contributed by atoms with van der Waals surface area (Å²) in [4.78, 5) is 10.6. The lowest BCUT2D eigenvalue weighted by atomic mass is 9.81. The van der Waals surface area contributed by atoms with Crippen LogP contribution in [0.4, 0.5) is 0 Å². The molecule has 8 nitrogen and oxygen atoms in total. The largest absolute Gasteiger partial charge is 0.309 e. The van der Waals surface area contributed by atoms with Crippen LogP contribution in [-0.4, -0.2) is 23.7 Å². The number of aromatic nitrogens is 5. The van der Waals surface area contributed by atoms with Crippen LogP contribution >= 0.6 is 21.4 Å². The van der Waals surface area contributed by atoms with Crippen molar-refractivity contribution in [3.8, 4) is 106 Å². The molecule has 0 fully saturated rings. The Hall–Kier alpha value is -16.7. The average molecular weight is 1890 g/mol. The van der Waals surface area contributed by atoms with E-state index < -0.39 is 21.4 Å². The Balaban J connectivity index is 0.000000105. The lowest BCUT2D eigenvalue weighted by molar-refractivity contribution is 0.592. The molecule has 30 rings (SSSR count). The molecule has 11 heteroatoms. The Morgan fingerprint density at radius 3 is 1.07 bits per heavy atom. The van der Waals surface area contributed by atoms with Crippen molar-refractivity contribution >= 4 is 156 Å². The third kappa shape index (κ3) is 12.3. The summed E-state index contributed by atoms with van der Waals surface area (Å²) < 4.78 is 54.0. The van der Waals surface area contributed by atoms with Gasteiger partial charge in [0, 0.05) is 113 Å². The Labute approximate surface area is 828 Å². The van der Waals surface area contributed by atoms with Crippen molar-refractivity contribution in [3.63, 3.8) is 0 Å². The fourth-order valence-electron chi connectivity index (χ4n) is 24.6. The average Bonchev–Trinajstić information content (AvgIpc) is 1.53. The maximum Gasteiger partial charge on any atom is 0.235 e. The van der Waals surface area contributed by atoms with E-state index in [9.17, 15) is 0 Å². The molecule has 0 amide bonds. The van der Waals surface area contributed by atoms with Crippen LogP contribution in [0.5, 0.6) is 0 Å². The van der Waals surface area contributed by atoms with Crippen molar-refractivity contribution in [2.45, 2.75) is 38.5 Å². The topological polar surface area (TPSA) is 91.8 Å². The van der Waals surface area contributed by atoms with Gasteiger partial charge in [0.1, 0.15) is 0 Å². The van der Waals surface area contributed by atoms with Gasteiger partial charge in [-0.25, -0.2) is 9.97 Å². The highest BCUT2D eigenvalue weighted by Gasteiger charge is 2.47. The molecule has 2 aliphatic carbocycles. The first-order valence-corrected chi connectivity index (χ1v) is 54.2. The summed E-state index contributed by atoms with van der Waals surface area (Å²) in [6.07, 6.45) is 0. The van der Waals surface area contributed by atoms with Crippen LogP contribution in [0.3, 0.4) is 0 Å². The van der Waals surface area contributed by atoms with Crippen molar-refractivity contribution in [1.82, 2.24) is 23.7 Å². The number of hydrogen-bond acceptors (Lipinski definition) is 5. The van der Waals surface area contributed by atoms with Gasteiger partial charge >= 0.3 is 0 Å². The van der Waals surface area contributed by atoms with Gasteiger partial charge in [-0.3, -0.25) is 4.57 Å². The summed E-state index contributed by atoms with van der Waals surface area (Å²) in [7, 11) is -9.47. The standard InChI is InChI=1S/C48H30N3OP.C45H32NOP.C39H28NOP/c52-53(36-14-2-1-3-15-36)44-21-11-8-16-37(44)38-28-29-43-45(47(38)53)40-18-7-10-20-42(40)51(43)48-49-41-19-9-6-17-39(41)46(50-48)33-25-22-32(23-26-33)35-27-24-31-12-4-5-13-34(31)30-35;1-45(2)38-17-9-6-14-33(38)34-25-22-30(28-39(34)45)29-20-23-31(24-21-29)46-40-18-10-7-16-37(40)43-41(46)27-26-36-35-15-8-11-19-42(35)48(47,44(36)43)32-12-4-3-5-13-32;1-39(2)32-17-9-6-14-27(32)31-24-25(20-22-33(31)39)40-34-18-10-7-16-30(34)37-35(40)23-21-29-28-15-8-11-19-36(28)42(41,38(29)37)26-12-4-3-5-13-26/h1-30H;3-28H,1-2H3;3-24H,1-2H3. The summed E-state index contributed by atoms with van der Waals surface area (Å²) in [6, 6.07) is 166. The van der Waals surface area contributed by atoms with E-state index in [2.05, 4.69) is 381 Å². The van der Waals surface area contributed by atoms with Gasteiger partial charge in [-0.2, -0.15) is 0 Å². The highest BCUT2D eigenvalue weighted by Crippen LogP contribution is 2.61. The molecule has 4 aromatic heterocycles. The van der Waals surface area contributed by atoms with Gasteiger partial charge in [0.05, 0.1) is 44.3 Å². The molecule has 3 aliphatic heterocycles. The molecule has 7 heterocycles. The molecule has 0 radical (unpaired) electrons. The molecule has 143 heavy (non-hydrogen) atoms. The first kappa shape index (κ1) is 84.4. The van der Waals surface area contributed by atoms with Gasteiger partial charge in [-0.1, -0.05) is 422 Å². The molecule has 0 spiro atoms. The minimum atomic E-state index is -3.23. The van der Waals surface area contributed by atoms with Gasteiger partial charge in [0.15, 0.2) is 21.4 Å². The Bertz CT molecular complexity index is 9900. The highest BCUT2D eigenvalue weighted by atomic mass is 31.2. The number of benzene rings is 21. The smallest absolute Gasteiger partial charge is 0.235 e. The second-order valence-corrected chi connectivity index (χ2v) is 47.4. The minimum Gasteiger partial charge on any atom is -0.309 e. The van der Waals surface area contributed by atoms with Crippen LogP contribution in [0, 0.1) is 0 Å². The predicted molar refractivity (Wildman–Crippen MR) is 600 cm³/mol. The monoisotopic (exact) mass is 1890 g/mol. The molecular weight excluding hydrogens is 1800 g/mol. The Morgan fingerprint density at radius 2 is 0.559 bits per heavy atom. The summed E-state index contributed by atoms with van der Waals surface area (Å²) in [5, 5.41) is 18.1. The molecule has 3 unspecified atom stereocenters. The number of para-hydroxylation sites is 4. The molecule has 0 N–H and O–H groups in total. The van der Waals surface area contributed by atoms with Crippen molar-refractivity contribution in [1.29, 1.82) is 0 Å². The van der Waals surface area contributed by atoms with Gasteiger partial charge in [-0.05, 0) is 190 Å². The molecule has 5 aliphatic rings. The van der Waals surface area contributed by atoms with E-state index >= 15 is 13.7 Å². The first-order chi connectivity index (χ1) is 70.1. The fourth-order valence-corrected chi connectivity index (χ4v) is 34.5. The van der Waals surface area contributed by atoms with Crippen molar-refractivity contribution in [3.05, 3.63) is 495 Å². The zero-order chi connectivity index (χ0) is 95.5. The molecule has 0 saturated carbocycles. The predicted octanol–water partition coefficient (Wildman–Crippen LogP) is 29.9. The second-order valence-electron chi connectivity index (χ2n) is 39.4. The summed E-state index contributed by atoms with van der Waals surface area (Å²) in [5.41, 5.74) is 33.1. The maximum absolute atomic E-state index is 15.8. The normalized spacial score (nSPS) is 16.4. The van der Waals surface area contributed by atoms with Crippen LogP contribution in [0.25, 0.3) is 194 Å². The molecule has 0 bridgehead atoms. The van der Waals surface area contributed by atoms with Crippen molar-refractivity contribution < 1.29 is 13.7 Å². The van der Waals surface area contributed by atoms with Gasteiger partial charge in [0.25, 0.3) is 0 Å². The van der Waals surface area contributed by atoms with E-state index in [4.69, 9.17) is 9.97 Å². The third-order valence-corrected chi connectivity index (χ3v) is 40.8. The molecule has 21 aromatic carbocycles. The molecule has 0 saturated heterocycles. The zero-order valence-corrected chi connectivity index (χ0v) is 81.5. The van der Waals surface area contributed by atoms with E-state index in [1.807, 2.05) is 133 Å². The lowest BCUT2D eigenvalue weighted by Crippen LogP contribution is -2.21. The number of hydrogen-bond donors (Lipinski definition) is 0. The highest BCUT2D eigenvalue weighted by molar-refractivity contribution is 7.88. The first-order valence-electron chi connectivity index (χ1n) is 49.1. The fraction of sp³-hybridized carbons (Fsp3) is 0.0455. The molecular formula is C132H90N5O3P3. The Kier molecular flexibility index (Phi) is 18.8. The van der Waals surface area contributed by atoms with Crippen LogP contribution in [0.1, 0.15) is 49.9 Å². The van der Waals surface area contributed by atoms with Crippen LogP contribution in [-0.2, 0) is 24.5 Å². The van der Waals surface area contributed by atoms with Crippen LogP contribution in [0.2, 0.25) is 0 Å². The lowest BCUT2D eigenvalue weighted by Gasteiger charge is -2.22. The maximum atomic E-state index is 15.8. The van der Waals surface area contributed by atoms with E-state index in [1.165, 1.54) is 72.0 Å². The number of nitrogens with zero attached hydrogens (tertiary/aromatic N) is 5. The van der Waals surface area contributed by atoms with Crippen LogP contribution < -0.4 is 47.7 Å². The second kappa shape index (κ2) is 31.9. The van der Waals surface area contributed by atoms with Crippen molar-refractivity contribution in [2.75, 3.05) is 0 Å². The summed E-state index contributed by atoms with van der Waals surface area (Å²) >= 11 is 0. The molecule has 3 atom stereocenters. The van der Waals surface area contributed by atoms with Gasteiger partial charge < -0.3 is 22.8 Å². The SMILES string of the molecule is CC1(C)c2ccccc2-c2cc(-n3c4ccccc4c4c5c(ccc43)-c3ccccc3P5(=O)c3ccccc3)ccc21.CC1(C)c2ccccc2-c2ccc(-c3ccc(-n4c5ccccc5c5c6c(ccc54)-c4ccccc4P6(=O)c4ccccc4)cc3)cc21.O=P1(c2ccccc2)c2ccccc2-c2ccc3c(c21)c1ccccc1n3-c1nc(-c2ccc(-c3ccc4ccccc4c3)cc2)c2ccccc2n1. The number of fused-ring (bicyclic) bond motifs is 29. The molecule has 25 aromatic rings. The number of rotatable bonds is 9. The van der Waals surface area contributed by atoms with Crippen LogP contribution in [0.15, 0.2) is 473 Å². The van der Waals surface area contributed by atoms with E-state index in [-0.39, 0.29) is 10.8 Å². The minimum absolute atomic E-state index is 0.0377. The zero-order valence-electron chi connectivity index (χ0n) is 78.8. The Morgan fingerprint density at radius 1 is 0.217 bits per heavy atom. The summed E-state index contributed by atoms with van der Waals surface area (Å²) in [5.74, 6) is 0.577. The van der Waals surface area contributed by atoms with Gasteiger partial charge in [0.2, 0.25) is 5.95 Å². The van der Waals surface area contributed by atoms with E-state index in [0.717, 1.165) is 186 Å². The van der Waals surface area contributed by atoms with E-state index in [0.29, 0.717) is 5.95 Å². The van der Waals surface area contributed by atoms with Gasteiger partial charge in [-0.15, -0.1) is 0 Å².